The van der Waals surface area contributed by atoms with Crippen LogP contribution in [0.2, 0.25) is 0 Å². The number of hydrogen-bond donors (Lipinski definition) is 1. The molecule has 5 aromatic rings. The minimum atomic E-state index is -0.151. The van der Waals surface area contributed by atoms with E-state index in [9.17, 15) is 9.59 Å². The van der Waals surface area contributed by atoms with Crippen LogP contribution >= 0.6 is 23.1 Å². The summed E-state index contributed by atoms with van der Waals surface area (Å²) in [4.78, 5) is 30.7. The maximum atomic E-state index is 13.5. The fourth-order valence-corrected chi connectivity index (χ4v) is 5.36. The number of benzene rings is 2. The van der Waals surface area contributed by atoms with Gasteiger partial charge in [-0.2, -0.15) is 0 Å². The summed E-state index contributed by atoms with van der Waals surface area (Å²) >= 11 is 2.72. The highest BCUT2D eigenvalue weighted by Crippen LogP contribution is 2.32. The standard InChI is InChI=1S/C24H19N3O3S2/c28-20(25-13-17-9-6-12-30-17)15-31-24-26-21-18-10-4-5-11-19(18)32-22(21)23(29)27(24)14-16-7-2-1-3-8-16/h1-12H,13-15H2,(H,25,28). The second kappa shape index (κ2) is 9.02. The van der Waals surface area contributed by atoms with Crippen molar-refractivity contribution in [2.24, 2.45) is 0 Å². The lowest BCUT2D eigenvalue weighted by atomic mass is 10.2. The summed E-state index contributed by atoms with van der Waals surface area (Å²) in [5, 5.41) is 4.32. The minimum absolute atomic E-state index is 0.0847. The summed E-state index contributed by atoms with van der Waals surface area (Å²) in [6.07, 6.45) is 1.57. The number of carbonyl (C=O) groups is 1. The molecule has 32 heavy (non-hydrogen) atoms. The van der Waals surface area contributed by atoms with E-state index >= 15 is 0 Å². The third-order valence-corrected chi connectivity index (χ3v) is 7.13. The number of thiophene rings is 1. The van der Waals surface area contributed by atoms with Crippen molar-refractivity contribution in [1.82, 2.24) is 14.9 Å². The number of fused-ring (bicyclic) bond motifs is 3. The molecule has 0 saturated carbocycles. The molecule has 0 radical (unpaired) electrons. The molecule has 0 bridgehead atoms. The first-order valence-electron chi connectivity index (χ1n) is 10.1. The van der Waals surface area contributed by atoms with Gasteiger partial charge in [0.05, 0.1) is 30.6 Å². The van der Waals surface area contributed by atoms with Gasteiger partial charge in [-0.15, -0.1) is 11.3 Å². The zero-order valence-electron chi connectivity index (χ0n) is 17.0. The molecule has 2 aromatic carbocycles. The van der Waals surface area contributed by atoms with Gasteiger partial charge < -0.3 is 9.73 Å². The third-order valence-electron chi connectivity index (χ3n) is 5.00. The lowest BCUT2D eigenvalue weighted by Gasteiger charge is -2.12. The van der Waals surface area contributed by atoms with Gasteiger partial charge in [-0.05, 0) is 23.8 Å². The summed E-state index contributed by atoms with van der Waals surface area (Å²) in [7, 11) is 0. The molecule has 0 aliphatic carbocycles. The van der Waals surface area contributed by atoms with Gasteiger partial charge in [0.1, 0.15) is 10.5 Å². The first kappa shape index (κ1) is 20.5. The number of thioether (sulfide) groups is 1. The number of carbonyl (C=O) groups excluding carboxylic acids is 1. The zero-order chi connectivity index (χ0) is 21.9. The summed E-state index contributed by atoms with van der Waals surface area (Å²) in [6.45, 7) is 0.720. The summed E-state index contributed by atoms with van der Waals surface area (Å²) < 4.78 is 8.57. The van der Waals surface area contributed by atoms with E-state index in [2.05, 4.69) is 5.32 Å². The number of nitrogens with one attached hydrogen (secondary N) is 1. The van der Waals surface area contributed by atoms with E-state index < -0.39 is 0 Å². The Morgan fingerprint density at radius 2 is 1.88 bits per heavy atom. The lowest BCUT2D eigenvalue weighted by molar-refractivity contribution is -0.118. The Balaban J connectivity index is 1.48. The Hall–Kier alpha value is -3.36. The van der Waals surface area contributed by atoms with Gasteiger partial charge >= 0.3 is 0 Å². The highest BCUT2D eigenvalue weighted by molar-refractivity contribution is 7.99. The fraction of sp³-hybridized carbons (Fsp3) is 0.125. The Morgan fingerprint density at radius 1 is 1.06 bits per heavy atom. The number of furan rings is 1. The van der Waals surface area contributed by atoms with Crippen LogP contribution in [-0.4, -0.2) is 21.2 Å². The van der Waals surface area contributed by atoms with Gasteiger partial charge in [0.15, 0.2) is 5.16 Å². The van der Waals surface area contributed by atoms with E-state index in [0.29, 0.717) is 34.2 Å². The molecular formula is C24H19N3O3S2. The molecule has 8 heteroatoms. The van der Waals surface area contributed by atoms with Gasteiger partial charge in [-0.25, -0.2) is 4.98 Å². The Kier molecular flexibility index (Phi) is 5.79. The van der Waals surface area contributed by atoms with Crippen LogP contribution in [0, 0.1) is 0 Å². The van der Waals surface area contributed by atoms with Gasteiger partial charge in [0.25, 0.3) is 5.56 Å². The average molecular weight is 462 g/mol. The molecule has 0 aliphatic rings. The van der Waals surface area contributed by atoms with Crippen molar-refractivity contribution in [2.75, 3.05) is 5.75 Å². The molecule has 0 saturated heterocycles. The highest BCUT2D eigenvalue weighted by atomic mass is 32.2. The minimum Gasteiger partial charge on any atom is -0.467 e. The molecule has 0 fully saturated rings. The van der Waals surface area contributed by atoms with Crippen molar-refractivity contribution < 1.29 is 9.21 Å². The van der Waals surface area contributed by atoms with E-state index in [1.165, 1.54) is 23.1 Å². The van der Waals surface area contributed by atoms with Crippen LogP contribution < -0.4 is 10.9 Å². The molecule has 0 atom stereocenters. The molecule has 6 nitrogen and oxygen atoms in total. The van der Waals surface area contributed by atoms with Crippen molar-refractivity contribution in [1.29, 1.82) is 0 Å². The predicted molar refractivity (Wildman–Crippen MR) is 128 cm³/mol. The molecule has 0 unspecified atom stereocenters. The predicted octanol–water partition coefficient (Wildman–Crippen LogP) is 4.66. The van der Waals surface area contributed by atoms with E-state index in [0.717, 1.165) is 15.6 Å². The Morgan fingerprint density at radius 3 is 2.69 bits per heavy atom. The Labute approximate surface area is 191 Å². The second-order valence-corrected chi connectivity index (χ2v) is 9.19. The van der Waals surface area contributed by atoms with Crippen molar-refractivity contribution in [3.63, 3.8) is 0 Å². The number of rotatable bonds is 7. The molecule has 160 valence electrons. The SMILES string of the molecule is O=C(CSc1nc2c(sc3ccccc32)c(=O)n1Cc1ccccc1)NCc1ccco1. The molecule has 1 amide bonds. The van der Waals surface area contributed by atoms with Crippen LogP contribution in [0.25, 0.3) is 20.3 Å². The van der Waals surface area contributed by atoms with Crippen molar-refractivity contribution in [3.05, 3.63) is 94.7 Å². The van der Waals surface area contributed by atoms with Crippen LogP contribution in [0.3, 0.4) is 0 Å². The van der Waals surface area contributed by atoms with Gasteiger partial charge in [-0.3, -0.25) is 14.2 Å². The molecule has 3 heterocycles. The topological polar surface area (TPSA) is 77.1 Å². The smallest absolute Gasteiger partial charge is 0.272 e. The van der Waals surface area contributed by atoms with E-state index in [4.69, 9.17) is 9.40 Å². The maximum absolute atomic E-state index is 13.5. The first-order valence-corrected chi connectivity index (χ1v) is 11.9. The largest absolute Gasteiger partial charge is 0.467 e. The lowest BCUT2D eigenvalue weighted by Crippen LogP contribution is -2.26. The van der Waals surface area contributed by atoms with Crippen LogP contribution in [0.1, 0.15) is 11.3 Å². The molecule has 0 aliphatic heterocycles. The monoisotopic (exact) mass is 461 g/mol. The second-order valence-electron chi connectivity index (χ2n) is 7.19. The molecule has 1 N–H and O–H groups in total. The van der Waals surface area contributed by atoms with Crippen molar-refractivity contribution in [2.45, 2.75) is 18.2 Å². The van der Waals surface area contributed by atoms with Gasteiger partial charge in [-0.1, -0.05) is 60.3 Å². The normalized spacial score (nSPS) is 11.2. The third kappa shape index (κ3) is 4.19. The number of aromatic nitrogens is 2. The van der Waals surface area contributed by atoms with Crippen LogP contribution in [-0.2, 0) is 17.9 Å². The van der Waals surface area contributed by atoms with Crippen LogP contribution in [0.4, 0.5) is 0 Å². The summed E-state index contributed by atoms with van der Waals surface area (Å²) in [5.41, 5.74) is 1.61. The quantitative estimate of drug-likeness (QED) is 0.282. The molecule has 3 aromatic heterocycles. The number of hydrogen-bond acceptors (Lipinski definition) is 6. The van der Waals surface area contributed by atoms with Gasteiger partial charge in [0, 0.05) is 10.1 Å². The summed E-state index contributed by atoms with van der Waals surface area (Å²) in [6, 6.07) is 21.3. The highest BCUT2D eigenvalue weighted by Gasteiger charge is 2.17. The van der Waals surface area contributed by atoms with Gasteiger partial charge in [0.2, 0.25) is 5.91 Å². The average Bonchev–Trinajstić information content (AvgIpc) is 3.47. The maximum Gasteiger partial charge on any atom is 0.272 e. The fourth-order valence-electron chi connectivity index (χ4n) is 3.45. The van der Waals surface area contributed by atoms with Crippen LogP contribution in [0.15, 0.2) is 87.4 Å². The van der Waals surface area contributed by atoms with Crippen molar-refractivity contribution >= 4 is 49.3 Å². The van der Waals surface area contributed by atoms with E-state index in [1.54, 1.807) is 16.9 Å². The molecular weight excluding hydrogens is 442 g/mol. The van der Waals surface area contributed by atoms with E-state index in [1.807, 2.05) is 60.7 Å². The Bertz CT molecular complexity index is 1440. The molecule has 5 rings (SSSR count). The van der Waals surface area contributed by atoms with E-state index in [-0.39, 0.29) is 17.2 Å². The van der Waals surface area contributed by atoms with Crippen molar-refractivity contribution in [3.8, 4) is 0 Å². The number of nitrogens with zero attached hydrogens (tertiary/aromatic N) is 2. The van der Waals surface area contributed by atoms with Crippen LogP contribution in [0.5, 0.6) is 0 Å². The zero-order valence-corrected chi connectivity index (χ0v) is 18.6. The molecule has 0 spiro atoms. The number of amides is 1. The first-order chi connectivity index (χ1) is 15.7. The summed E-state index contributed by atoms with van der Waals surface area (Å²) in [5.74, 6) is 0.686.